The fourth-order valence-electron chi connectivity index (χ4n) is 0.763. The molecule has 0 aliphatic heterocycles. The maximum absolute atomic E-state index is 2.31. The van der Waals surface area contributed by atoms with Gasteiger partial charge in [-0.2, -0.15) is 0 Å². The average molecular weight is 160 g/mol. The van der Waals surface area contributed by atoms with Gasteiger partial charge in [-0.1, -0.05) is 0 Å². The second-order valence-corrected chi connectivity index (χ2v) is 5.07. The number of hydrogen-bond donors (Lipinski definition) is 0. The Balaban J connectivity index is 0. The molecule has 0 aromatic carbocycles. The first-order valence-electron chi connectivity index (χ1n) is 3.94. The molecule has 60 valence electrons. The average Bonchev–Trinajstić information content (AvgIpc) is 1.63. The van der Waals surface area contributed by atoms with Crippen molar-refractivity contribution in [3.8, 4) is 0 Å². The molecule has 2 heteroatoms. The van der Waals surface area contributed by atoms with E-state index in [0.29, 0.717) is 0 Å². The molecule has 0 spiro atoms. The SMILES string of the molecule is CC(C)[CH2][Al+][CH2]C(C)C.[F-]. The van der Waals surface area contributed by atoms with Crippen LogP contribution in [0.2, 0.25) is 10.6 Å². The summed E-state index contributed by atoms with van der Waals surface area (Å²) in [4.78, 5) is 0. The molecule has 0 aliphatic carbocycles. The third kappa shape index (κ3) is 11.3. The Kier molecular flexibility index (Phi) is 9.90. The van der Waals surface area contributed by atoms with Gasteiger partial charge < -0.3 is 4.70 Å². The van der Waals surface area contributed by atoms with Crippen LogP contribution >= 0.6 is 0 Å². The number of rotatable bonds is 4. The summed E-state index contributed by atoms with van der Waals surface area (Å²) in [5.41, 5.74) is 0. The van der Waals surface area contributed by atoms with Gasteiger partial charge in [-0.05, 0) is 0 Å². The van der Waals surface area contributed by atoms with Crippen LogP contribution in [0.4, 0.5) is 0 Å². The van der Waals surface area contributed by atoms with Gasteiger partial charge in [-0.3, -0.25) is 0 Å². The predicted molar refractivity (Wildman–Crippen MR) is 45.0 cm³/mol. The Labute approximate surface area is 70.5 Å². The van der Waals surface area contributed by atoms with Gasteiger partial charge in [0.25, 0.3) is 0 Å². The first kappa shape index (κ1) is 13.1. The molecule has 0 atom stereocenters. The zero-order valence-corrected chi connectivity index (χ0v) is 8.68. The van der Waals surface area contributed by atoms with Crippen LogP contribution in [0.1, 0.15) is 27.7 Å². The van der Waals surface area contributed by atoms with Crippen LogP contribution in [0.5, 0.6) is 0 Å². The summed E-state index contributed by atoms with van der Waals surface area (Å²) in [5, 5.41) is 2.97. The summed E-state index contributed by atoms with van der Waals surface area (Å²) in [7, 11) is 0. The van der Waals surface area contributed by atoms with Crippen molar-refractivity contribution in [2.24, 2.45) is 11.8 Å². The minimum atomic E-state index is 0. The van der Waals surface area contributed by atoms with Crippen molar-refractivity contribution in [1.82, 2.24) is 0 Å². The first-order chi connectivity index (χ1) is 4.13. The standard InChI is InChI=1S/2C4H9.Al.FH/c2*1-4(2)3;;/h2*4H,1H2,2-3H3;;1H/q;;+1;/p-1. The molecule has 0 nitrogen and oxygen atoms in total. The normalized spacial score (nSPS) is 9.40. The molecule has 0 radical (unpaired) electrons. The second-order valence-electron chi connectivity index (χ2n) is 3.55. The predicted octanol–water partition coefficient (Wildman–Crippen LogP) is -0.157. The molecule has 0 aromatic rings. The van der Waals surface area contributed by atoms with E-state index in [0.717, 1.165) is 27.1 Å². The van der Waals surface area contributed by atoms with E-state index in [1.165, 1.54) is 10.6 Å². The van der Waals surface area contributed by atoms with Crippen LogP contribution in [0.3, 0.4) is 0 Å². The van der Waals surface area contributed by atoms with E-state index in [-0.39, 0.29) is 4.70 Å². The van der Waals surface area contributed by atoms with Crippen molar-refractivity contribution in [2.75, 3.05) is 0 Å². The second kappa shape index (κ2) is 7.57. The summed E-state index contributed by atoms with van der Waals surface area (Å²) in [5.74, 6) is 1.86. The minimum absolute atomic E-state index is 0. The molecule has 0 saturated carbocycles. The topological polar surface area (TPSA) is 0 Å². The fraction of sp³-hybridized carbons (Fsp3) is 1.00. The quantitative estimate of drug-likeness (QED) is 0.501. The van der Waals surface area contributed by atoms with Crippen molar-refractivity contribution in [3.63, 3.8) is 0 Å². The van der Waals surface area contributed by atoms with Crippen molar-refractivity contribution < 1.29 is 4.70 Å². The maximum atomic E-state index is 2.31. The Morgan fingerprint density at radius 2 is 1.20 bits per heavy atom. The third-order valence-electron chi connectivity index (χ3n) is 1.28. The zero-order valence-electron chi connectivity index (χ0n) is 7.52. The molecule has 0 heterocycles. The molecule has 0 fully saturated rings. The van der Waals surface area contributed by atoms with Crippen molar-refractivity contribution in [1.29, 1.82) is 0 Å². The van der Waals surface area contributed by atoms with E-state index in [1.807, 2.05) is 0 Å². The van der Waals surface area contributed by atoms with Crippen LogP contribution in [0.15, 0.2) is 0 Å². The molecule has 0 bridgehead atoms. The Morgan fingerprint density at radius 3 is 1.40 bits per heavy atom. The Bertz CT molecular complexity index is 54.3. The summed E-state index contributed by atoms with van der Waals surface area (Å²) in [6, 6.07) is 0. The fourth-order valence-corrected chi connectivity index (χ4v) is 2.29. The molecule has 0 aromatic heterocycles. The summed E-state index contributed by atoms with van der Waals surface area (Å²) < 4.78 is 0. The van der Waals surface area contributed by atoms with Gasteiger partial charge >= 0.3 is 65.3 Å². The van der Waals surface area contributed by atoms with Gasteiger partial charge in [-0.25, -0.2) is 0 Å². The van der Waals surface area contributed by atoms with Gasteiger partial charge in [0, 0.05) is 0 Å². The van der Waals surface area contributed by atoms with Crippen LogP contribution < -0.4 is 4.70 Å². The van der Waals surface area contributed by atoms with E-state index in [4.69, 9.17) is 0 Å². The van der Waals surface area contributed by atoms with Gasteiger partial charge in [-0.15, -0.1) is 0 Å². The molecule has 10 heavy (non-hydrogen) atoms. The Hall–Kier alpha value is 0.462. The summed E-state index contributed by atoms with van der Waals surface area (Å²) in [6.07, 6.45) is 0. The van der Waals surface area contributed by atoms with Crippen LogP contribution in [-0.4, -0.2) is 15.2 Å². The molecule has 0 saturated heterocycles. The van der Waals surface area contributed by atoms with E-state index in [9.17, 15) is 0 Å². The largest absolute Gasteiger partial charge is 1.00 e. The molecule has 0 N–H and O–H groups in total. The molecule has 0 unspecified atom stereocenters. The number of hydrogen-bond acceptors (Lipinski definition) is 0. The van der Waals surface area contributed by atoms with Gasteiger partial charge in [0.1, 0.15) is 0 Å². The minimum Gasteiger partial charge on any atom is -1.00 e. The smallest absolute Gasteiger partial charge is 1.00 e. The van der Waals surface area contributed by atoms with Crippen molar-refractivity contribution >= 4 is 15.2 Å². The Morgan fingerprint density at radius 1 is 0.900 bits per heavy atom. The van der Waals surface area contributed by atoms with Crippen molar-refractivity contribution in [3.05, 3.63) is 0 Å². The first-order valence-corrected chi connectivity index (χ1v) is 5.58. The molecule has 0 amide bonds. The van der Waals surface area contributed by atoms with E-state index in [1.54, 1.807) is 0 Å². The maximum Gasteiger partial charge on any atom is -1.00 e. The molecular formula is C8H18AlF. The van der Waals surface area contributed by atoms with E-state index >= 15 is 0 Å². The van der Waals surface area contributed by atoms with Gasteiger partial charge in [0.05, 0.1) is 0 Å². The third-order valence-corrected chi connectivity index (χ3v) is 3.83. The van der Waals surface area contributed by atoms with E-state index in [2.05, 4.69) is 27.7 Å². The van der Waals surface area contributed by atoms with Crippen molar-refractivity contribution in [2.45, 2.75) is 38.3 Å². The zero-order chi connectivity index (χ0) is 7.28. The van der Waals surface area contributed by atoms with Crippen LogP contribution in [-0.2, 0) is 0 Å². The molecular weight excluding hydrogens is 142 g/mol. The summed E-state index contributed by atoms with van der Waals surface area (Å²) >= 11 is 0.755. The van der Waals surface area contributed by atoms with Gasteiger partial charge in [0.2, 0.25) is 0 Å². The number of halogens is 1. The van der Waals surface area contributed by atoms with Crippen LogP contribution in [0.25, 0.3) is 0 Å². The van der Waals surface area contributed by atoms with Crippen LogP contribution in [0, 0.1) is 11.8 Å². The van der Waals surface area contributed by atoms with E-state index < -0.39 is 0 Å². The van der Waals surface area contributed by atoms with Gasteiger partial charge in [0.15, 0.2) is 0 Å². The molecule has 0 rings (SSSR count). The summed E-state index contributed by atoms with van der Waals surface area (Å²) in [6.45, 7) is 9.25. The monoisotopic (exact) mass is 160 g/mol. The molecule has 0 aliphatic rings.